The van der Waals surface area contributed by atoms with Crippen LogP contribution in [0.4, 0.5) is 27.5 Å². The van der Waals surface area contributed by atoms with Crippen molar-refractivity contribution in [1.82, 2.24) is 9.97 Å². The molecule has 1 aromatic heterocycles. The standard InChI is InChI=1S/C21H22FN7O2/c1-12(23)10-25-21-26-11-17(18(24)30)19(29-21)27-16-4-2-3-13(9-16)20(31)28-15-7-5-14(22)6-8-15/h2-9,11-12H,10,23H2,1H3,(H2,24,30)(H,28,31)(H2,25,26,27,29). The Hall–Kier alpha value is -4.05. The van der Waals surface area contributed by atoms with Crippen LogP contribution in [-0.4, -0.2) is 34.4 Å². The molecule has 31 heavy (non-hydrogen) atoms. The van der Waals surface area contributed by atoms with Crippen LogP contribution in [0, 0.1) is 5.82 Å². The van der Waals surface area contributed by atoms with Crippen LogP contribution in [0.15, 0.2) is 54.7 Å². The lowest BCUT2D eigenvalue weighted by Gasteiger charge is -2.13. The highest BCUT2D eigenvalue weighted by Crippen LogP contribution is 2.21. The molecular weight excluding hydrogens is 401 g/mol. The van der Waals surface area contributed by atoms with Crippen LogP contribution in [0.25, 0.3) is 0 Å². The molecule has 0 spiro atoms. The van der Waals surface area contributed by atoms with E-state index in [4.69, 9.17) is 11.5 Å². The molecule has 0 aliphatic carbocycles. The van der Waals surface area contributed by atoms with Gasteiger partial charge in [-0.3, -0.25) is 9.59 Å². The maximum atomic E-state index is 13.0. The number of nitrogens with two attached hydrogens (primary N) is 2. The number of aromatic nitrogens is 2. The first-order valence-corrected chi connectivity index (χ1v) is 9.42. The molecule has 7 N–H and O–H groups in total. The second-order valence-electron chi connectivity index (χ2n) is 6.85. The summed E-state index contributed by atoms with van der Waals surface area (Å²) in [5.41, 5.74) is 12.6. The predicted molar refractivity (Wildman–Crippen MR) is 117 cm³/mol. The number of anilines is 4. The molecule has 0 fully saturated rings. The molecule has 0 radical (unpaired) electrons. The Morgan fingerprint density at radius 1 is 1.13 bits per heavy atom. The van der Waals surface area contributed by atoms with Crippen molar-refractivity contribution in [3.8, 4) is 0 Å². The van der Waals surface area contributed by atoms with Gasteiger partial charge < -0.3 is 27.4 Å². The van der Waals surface area contributed by atoms with E-state index in [2.05, 4.69) is 25.9 Å². The molecule has 2 aromatic carbocycles. The van der Waals surface area contributed by atoms with Crippen LogP contribution >= 0.6 is 0 Å². The zero-order chi connectivity index (χ0) is 22.4. The molecule has 10 heteroatoms. The Labute approximate surface area is 178 Å². The number of nitrogens with zero attached hydrogens (tertiary/aromatic N) is 2. The van der Waals surface area contributed by atoms with Gasteiger partial charge in [0.05, 0.1) is 0 Å². The van der Waals surface area contributed by atoms with E-state index in [1.807, 2.05) is 6.92 Å². The molecule has 3 aromatic rings. The average molecular weight is 423 g/mol. The van der Waals surface area contributed by atoms with Crippen molar-refractivity contribution in [3.63, 3.8) is 0 Å². The number of hydrogen-bond acceptors (Lipinski definition) is 7. The third-order valence-electron chi connectivity index (χ3n) is 4.13. The average Bonchev–Trinajstić information content (AvgIpc) is 2.74. The highest BCUT2D eigenvalue weighted by atomic mass is 19.1. The summed E-state index contributed by atoms with van der Waals surface area (Å²) in [6, 6.07) is 11.9. The monoisotopic (exact) mass is 423 g/mol. The van der Waals surface area contributed by atoms with Crippen molar-refractivity contribution in [2.75, 3.05) is 22.5 Å². The van der Waals surface area contributed by atoms with E-state index in [1.54, 1.807) is 24.3 Å². The molecule has 0 aliphatic heterocycles. The summed E-state index contributed by atoms with van der Waals surface area (Å²) in [7, 11) is 0. The molecule has 2 amide bonds. The molecule has 0 aliphatic rings. The first kappa shape index (κ1) is 21.7. The number of rotatable bonds is 8. The summed E-state index contributed by atoms with van der Waals surface area (Å²) in [5.74, 6) is -1.02. The van der Waals surface area contributed by atoms with Crippen LogP contribution in [-0.2, 0) is 0 Å². The van der Waals surface area contributed by atoms with Gasteiger partial charge >= 0.3 is 0 Å². The lowest BCUT2D eigenvalue weighted by atomic mass is 10.1. The molecule has 160 valence electrons. The Morgan fingerprint density at radius 2 is 1.87 bits per heavy atom. The second-order valence-corrected chi connectivity index (χ2v) is 6.85. The fourth-order valence-electron chi connectivity index (χ4n) is 2.61. The Balaban J connectivity index is 1.80. The Kier molecular flexibility index (Phi) is 6.73. The quantitative estimate of drug-likeness (QED) is 0.374. The van der Waals surface area contributed by atoms with Crippen molar-refractivity contribution in [1.29, 1.82) is 0 Å². The molecule has 3 rings (SSSR count). The van der Waals surface area contributed by atoms with Gasteiger partial charge in [-0.25, -0.2) is 9.37 Å². The Bertz CT molecular complexity index is 1090. The summed E-state index contributed by atoms with van der Waals surface area (Å²) in [4.78, 5) is 32.6. The summed E-state index contributed by atoms with van der Waals surface area (Å²) in [6.45, 7) is 2.26. The first-order valence-electron chi connectivity index (χ1n) is 9.42. The summed E-state index contributed by atoms with van der Waals surface area (Å²) < 4.78 is 13.0. The highest BCUT2D eigenvalue weighted by Gasteiger charge is 2.14. The van der Waals surface area contributed by atoms with Gasteiger partial charge in [0, 0.05) is 35.7 Å². The predicted octanol–water partition coefficient (Wildman–Crippen LogP) is 2.47. The maximum Gasteiger partial charge on any atom is 0.255 e. The van der Waals surface area contributed by atoms with E-state index in [0.717, 1.165) is 0 Å². The number of primary amides is 1. The Morgan fingerprint density at radius 3 is 2.55 bits per heavy atom. The molecule has 1 unspecified atom stereocenters. The van der Waals surface area contributed by atoms with Gasteiger partial charge in [-0.15, -0.1) is 0 Å². The smallest absolute Gasteiger partial charge is 0.255 e. The lowest BCUT2D eigenvalue weighted by molar-refractivity contribution is 0.0997. The van der Waals surface area contributed by atoms with Gasteiger partial charge in [0.2, 0.25) is 5.95 Å². The first-order chi connectivity index (χ1) is 14.8. The minimum absolute atomic E-state index is 0.0903. The number of nitrogens with one attached hydrogen (secondary N) is 3. The molecule has 1 heterocycles. The van der Waals surface area contributed by atoms with Crippen molar-refractivity contribution in [3.05, 3.63) is 71.7 Å². The second kappa shape index (κ2) is 9.63. The number of benzene rings is 2. The van der Waals surface area contributed by atoms with Gasteiger partial charge in [0.15, 0.2) is 0 Å². The van der Waals surface area contributed by atoms with E-state index in [9.17, 15) is 14.0 Å². The normalized spacial score (nSPS) is 11.5. The third kappa shape index (κ3) is 5.97. The summed E-state index contributed by atoms with van der Waals surface area (Å²) >= 11 is 0. The molecule has 9 nitrogen and oxygen atoms in total. The third-order valence-corrected chi connectivity index (χ3v) is 4.13. The minimum Gasteiger partial charge on any atom is -0.365 e. The van der Waals surface area contributed by atoms with E-state index in [0.29, 0.717) is 23.5 Å². The summed E-state index contributed by atoms with van der Waals surface area (Å²) in [5, 5.41) is 8.65. The zero-order valence-electron chi connectivity index (χ0n) is 16.7. The number of carbonyl (C=O) groups is 2. The molecule has 0 saturated carbocycles. The van der Waals surface area contributed by atoms with E-state index >= 15 is 0 Å². The SMILES string of the molecule is CC(N)CNc1ncc(C(N)=O)c(Nc2cccc(C(=O)Nc3ccc(F)cc3)c2)n1. The van der Waals surface area contributed by atoms with Crippen molar-refractivity contribution < 1.29 is 14.0 Å². The fraction of sp³-hybridized carbons (Fsp3) is 0.143. The van der Waals surface area contributed by atoms with Crippen LogP contribution in [0.1, 0.15) is 27.6 Å². The number of halogens is 1. The van der Waals surface area contributed by atoms with Crippen molar-refractivity contribution in [2.45, 2.75) is 13.0 Å². The lowest BCUT2D eigenvalue weighted by Crippen LogP contribution is -2.26. The molecule has 0 saturated heterocycles. The topological polar surface area (TPSA) is 148 Å². The van der Waals surface area contributed by atoms with Crippen molar-refractivity contribution in [2.24, 2.45) is 11.5 Å². The summed E-state index contributed by atoms with van der Waals surface area (Å²) in [6.07, 6.45) is 1.31. The van der Waals surface area contributed by atoms with Gasteiger partial charge in [0.1, 0.15) is 17.2 Å². The number of amides is 2. The molecule has 1 atom stereocenters. The van der Waals surface area contributed by atoms with E-state index in [-0.39, 0.29) is 29.3 Å². The molecule has 0 bridgehead atoms. The van der Waals surface area contributed by atoms with Crippen LogP contribution < -0.4 is 27.4 Å². The maximum absolute atomic E-state index is 13.0. The van der Waals surface area contributed by atoms with Gasteiger partial charge in [-0.05, 0) is 49.4 Å². The molecular formula is C21H22FN7O2. The van der Waals surface area contributed by atoms with E-state index < -0.39 is 11.7 Å². The van der Waals surface area contributed by atoms with Crippen LogP contribution in [0.2, 0.25) is 0 Å². The van der Waals surface area contributed by atoms with E-state index in [1.165, 1.54) is 30.5 Å². The van der Waals surface area contributed by atoms with Crippen molar-refractivity contribution >= 4 is 35.0 Å². The minimum atomic E-state index is -0.702. The van der Waals surface area contributed by atoms with Gasteiger partial charge in [0.25, 0.3) is 11.8 Å². The van der Waals surface area contributed by atoms with Crippen LogP contribution in [0.5, 0.6) is 0 Å². The van der Waals surface area contributed by atoms with Gasteiger partial charge in [-0.2, -0.15) is 4.98 Å². The number of carbonyl (C=O) groups excluding carboxylic acids is 2. The van der Waals surface area contributed by atoms with Gasteiger partial charge in [-0.1, -0.05) is 6.07 Å². The fourth-order valence-corrected chi connectivity index (χ4v) is 2.61. The zero-order valence-corrected chi connectivity index (χ0v) is 16.7. The highest BCUT2D eigenvalue weighted by molar-refractivity contribution is 6.05. The number of hydrogen-bond donors (Lipinski definition) is 5. The largest absolute Gasteiger partial charge is 0.365 e. The van der Waals surface area contributed by atoms with Crippen LogP contribution in [0.3, 0.4) is 0 Å².